The average molecular weight is 468 g/mol. The van der Waals surface area contributed by atoms with E-state index in [1.54, 1.807) is 42.5 Å². The highest BCUT2D eigenvalue weighted by atomic mass is 32.2. The molecule has 0 bridgehead atoms. The van der Waals surface area contributed by atoms with E-state index in [4.69, 9.17) is 4.42 Å². The van der Waals surface area contributed by atoms with Gasteiger partial charge in [0.25, 0.3) is 0 Å². The molecule has 0 spiro atoms. The molecule has 0 aliphatic carbocycles. The summed E-state index contributed by atoms with van der Waals surface area (Å²) in [5, 5.41) is 4.13. The maximum atomic E-state index is 13.3. The second-order valence-corrected chi connectivity index (χ2v) is 9.61. The van der Waals surface area contributed by atoms with Crippen molar-refractivity contribution in [2.24, 2.45) is 0 Å². The number of para-hydroxylation sites is 1. The lowest BCUT2D eigenvalue weighted by molar-refractivity contribution is -0.121. The fourth-order valence-electron chi connectivity index (χ4n) is 3.67. The van der Waals surface area contributed by atoms with Crippen LogP contribution in [0.5, 0.6) is 0 Å². The van der Waals surface area contributed by atoms with E-state index in [1.165, 1.54) is 36.3 Å². The smallest absolute Gasteiger partial charge is 0.244 e. The van der Waals surface area contributed by atoms with Gasteiger partial charge in [0.15, 0.2) is 9.84 Å². The summed E-state index contributed by atoms with van der Waals surface area (Å²) >= 11 is 0. The molecule has 170 valence electrons. The van der Waals surface area contributed by atoms with Crippen LogP contribution in [0, 0.1) is 0 Å². The summed E-state index contributed by atoms with van der Waals surface area (Å²) in [5.41, 5.74) is 1.18. The first kappa shape index (κ1) is 22.3. The Labute approximate surface area is 190 Å². The normalized spacial score (nSPS) is 17.1. The van der Waals surface area contributed by atoms with Gasteiger partial charge in [-0.1, -0.05) is 12.1 Å². The van der Waals surface area contributed by atoms with Crippen LogP contribution in [-0.4, -0.2) is 32.7 Å². The number of furan rings is 1. The highest BCUT2D eigenvalue weighted by Gasteiger charge is 2.41. The molecule has 2 aromatic carbocycles. The number of amides is 3. The topological polar surface area (TPSA) is 126 Å². The van der Waals surface area contributed by atoms with Crippen LogP contribution in [0.1, 0.15) is 24.4 Å². The number of hydrogen-bond donors (Lipinski definition) is 2. The molecular weight excluding hydrogens is 446 g/mol. The SMILES string of the molecule is CC(=O)Nc1ccc(NC(=O)CN2C(=O)CC(c3ccco3)S(=O)(=O)c3ccccc32)cc1. The summed E-state index contributed by atoms with van der Waals surface area (Å²) < 4.78 is 32.0. The van der Waals surface area contributed by atoms with Gasteiger partial charge in [-0.3, -0.25) is 14.4 Å². The minimum absolute atomic E-state index is 0.0373. The molecule has 9 nitrogen and oxygen atoms in total. The summed E-state index contributed by atoms with van der Waals surface area (Å²) in [6.07, 6.45) is 0.998. The number of benzene rings is 2. The standard InChI is InChI=1S/C23H21N3O6S/c1-15(27)24-16-8-10-17(11-9-16)25-22(28)14-26-18-5-2-3-7-20(18)33(30,31)21(13-23(26)29)19-6-4-12-32-19/h2-12,21H,13-14H2,1H3,(H,24,27)(H,25,28). The Morgan fingerprint density at radius 1 is 1.00 bits per heavy atom. The van der Waals surface area contributed by atoms with Crippen LogP contribution in [0.15, 0.2) is 76.2 Å². The molecule has 0 saturated carbocycles. The summed E-state index contributed by atoms with van der Waals surface area (Å²) in [6, 6.07) is 15.7. The fourth-order valence-corrected chi connectivity index (χ4v) is 5.52. The van der Waals surface area contributed by atoms with Crippen molar-refractivity contribution in [2.45, 2.75) is 23.5 Å². The largest absolute Gasteiger partial charge is 0.468 e. The van der Waals surface area contributed by atoms with Crippen molar-refractivity contribution in [3.05, 3.63) is 72.7 Å². The summed E-state index contributed by atoms with van der Waals surface area (Å²) in [6.45, 7) is 1.02. The molecule has 2 heterocycles. The van der Waals surface area contributed by atoms with Crippen LogP contribution >= 0.6 is 0 Å². The van der Waals surface area contributed by atoms with Crippen LogP contribution in [0.3, 0.4) is 0 Å². The first-order chi connectivity index (χ1) is 15.8. The molecule has 0 saturated heterocycles. The highest BCUT2D eigenvalue weighted by Crippen LogP contribution is 2.40. The third-order valence-electron chi connectivity index (χ3n) is 5.15. The number of hydrogen-bond acceptors (Lipinski definition) is 6. The predicted octanol–water partition coefficient (Wildman–Crippen LogP) is 3.13. The molecule has 10 heteroatoms. The second kappa shape index (κ2) is 8.91. The highest BCUT2D eigenvalue weighted by molar-refractivity contribution is 7.91. The van der Waals surface area contributed by atoms with Crippen molar-refractivity contribution in [2.75, 3.05) is 22.1 Å². The number of carbonyl (C=O) groups is 3. The number of anilines is 3. The molecule has 1 aliphatic rings. The Bertz CT molecular complexity index is 1300. The second-order valence-electron chi connectivity index (χ2n) is 7.51. The molecule has 2 N–H and O–H groups in total. The third kappa shape index (κ3) is 4.65. The number of nitrogens with one attached hydrogen (secondary N) is 2. The van der Waals surface area contributed by atoms with E-state index in [0.29, 0.717) is 11.4 Å². The quantitative estimate of drug-likeness (QED) is 0.594. The summed E-state index contributed by atoms with van der Waals surface area (Å²) in [5.74, 6) is -1.06. The van der Waals surface area contributed by atoms with Crippen LogP contribution in [0.2, 0.25) is 0 Å². The third-order valence-corrected chi connectivity index (χ3v) is 7.26. The fraction of sp³-hybridized carbons (Fsp3) is 0.174. The lowest BCUT2D eigenvalue weighted by Crippen LogP contribution is -2.38. The molecule has 3 aromatic rings. The molecule has 0 radical (unpaired) electrons. The van der Waals surface area contributed by atoms with E-state index in [0.717, 1.165) is 0 Å². The summed E-state index contributed by atoms with van der Waals surface area (Å²) in [4.78, 5) is 38.1. The number of rotatable bonds is 5. The molecule has 4 rings (SSSR count). The van der Waals surface area contributed by atoms with E-state index in [9.17, 15) is 22.8 Å². The van der Waals surface area contributed by atoms with E-state index in [1.807, 2.05) is 0 Å². The molecule has 1 unspecified atom stereocenters. The Morgan fingerprint density at radius 3 is 2.30 bits per heavy atom. The maximum absolute atomic E-state index is 13.3. The summed E-state index contributed by atoms with van der Waals surface area (Å²) in [7, 11) is -3.94. The lowest BCUT2D eigenvalue weighted by Gasteiger charge is -2.21. The van der Waals surface area contributed by atoms with Gasteiger partial charge in [0.05, 0.1) is 23.3 Å². The Hall–Kier alpha value is -3.92. The minimum atomic E-state index is -3.94. The number of carbonyl (C=O) groups excluding carboxylic acids is 3. The molecule has 3 amide bonds. The monoisotopic (exact) mass is 467 g/mol. The van der Waals surface area contributed by atoms with Gasteiger partial charge in [0.2, 0.25) is 17.7 Å². The molecule has 0 fully saturated rings. The van der Waals surface area contributed by atoms with Gasteiger partial charge in [-0.25, -0.2) is 8.42 Å². The van der Waals surface area contributed by atoms with Gasteiger partial charge in [-0.05, 0) is 48.5 Å². The zero-order valence-corrected chi connectivity index (χ0v) is 18.5. The first-order valence-corrected chi connectivity index (χ1v) is 11.6. The zero-order valence-electron chi connectivity index (χ0n) is 17.6. The molecular formula is C23H21N3O6S. The average Bonchev–Trinajstić information content (AvgIpc) is 3.28. The van der Waals surface area contributed by atoms with Crippen LogP contribution in [-0.2, 0) is 24.2 Å². The molecule has 1 aromatic heterocycles. The Morgan fingerprint density at radius 2 is 1.67 bits per heavy atom. The Kier molecular flexibility index (Phi) is 6.01. The van der Waals surface area contributed by atoms with E-state index in [2.05, 4.69) is 10.6 Å². The van der Waals surface area contributed by atoms with Crippen molar-refractivity contribution >= 4 is 44.6 Å². The van der Waals surface area contributed by atoms with Gasteiger partial charge in [-0.2, -0.15) is 0 Å². The Balaban J connectivity index is 1.59. The van der Waals surface area contributed by atoms with Gasteiger partial charge in [0, 0.05) is 18.3 Å². The van der Waals surface area contributed by atoms with E-state index < -0.39 is 26.9 Å². The van der Waals surface area contributed by atoms with E-state index in [-0.39, 0.29) is 35.2 Å². The van der Waals surface area contributed by atoms with E-state index >= 15 is 0 Å². The van der Waals surface area contributed by atoms with Crippen molar-refractivity contribution in [1.82, 2.24) is 0 Å². The number of fused-ring (bicyclic) bond motifs is 1. The van der Waals surface area contributed by atoms with Crippen LogP contribution < -0.4 is 15.5 Å². The van der Waals surface area contributed by atoms with Crippen molar-refractivity contribution < 1.29 is 27.2 Å². The number of sulfone groups is 1. The van der Waals surface area contributed by atoms with Crippen molar-refractivity contribution in [3.8, 4) is 0 Å². The van der Waals surface area contributed by atoms with Gasteiger partial charge in [-0.15, -0.1) is 0 Å². The van der Waals surface area contributed by atoms with Crippen molar-refractivity contribution in [3.63, 3.8) is 0 Å². The predicted molar refractivity (Wildman–Crippen MR) is 121 cm³/mol. The van der Waals surface area contributed by atoms with Gasteiger partial charge >= 0.3 is 0 Å². The first-order valence-electron chi connectivity index (χ1n) is 10.1. The van der Waals surface area contributed by atoms with Gasteiger partial charge in [0.1, 0.15) is 17.6 Å². The van der Waals surface area contributed by atoms with Crippen LogP contribution in [0.25, 0.3) is 0 Å². The molecule has 1 atom stereocenters. The molecule has 1 aliphatic heterocycles. The van der Waals surface area contributed by atoms with Crippen molar-refractivity contribution in [1.29, 1.82) is 0 Å². The zero-order chi connectivity index (χ0) is 23.6. The lowest BCUT2D eigenvalue weighted by atomic mass is 10.2. The molecule has 33 heavy (non-hydrogen) atoms. The van der Waals surface area contributed by atoms with Gasteiger partial charge < -0.3 is 20.0 Å². The maximum Gasteiger partial charge on any atom is 0.244 e. The minimum Gasteiger partial charge on any atom is -0.468 e. The van der Waals surface area contributed by atoms with Crippen LogP contribution in [0.4, 0.5) is 17.1 Å². The number of nitrogens with zero attached hydrogens (tertiary/aromatic N) is 1.